The fourth-order valence-electron chi connectivity index (χ4n) is 6.75. The second-order valence-electron chi connectivity index (χ2n) is 11.0. The second kappa shape index (κ2) is 7.31. The highest BCUT2D eigenvalue weighted by Gasteiger charge is 2.33. The summed E-state index contributed by atoms with van der Waals surface area (Å²) in [6.45, 7) is 4.74. The van der Waals surface area contributed by atoms with Crippen molar-refractivity contribution in [2.45, 2.75) is 19.3 Å². The Hall–Kier alpha value is -4.42. The van der Waals surface area contributed by atoms with E-state index in [0.717, 1.165) is 0 Å². The topological polar surface area (TPSA) is 0 Å². The zero-order chi connectivity index (χ0) is 24.7. The highest BCUT2D eigenvalue weighted by atomic mass is 14.4. The Morgan fingerprint density at radius 3 is 1.95 bits per heavy atom. The maximum absolute atomic E-state index is 2.44. The normalized spacial score (nSPS) is 13.9. The minimum absolute atomic E-state index is 0.0495. The molecule has 0 nitrogen and oxygen atoms in total. The van der Waals surface area contributed by atoms with E-state index < -0.39 is 0 Å². The molecule has 0 aliphatic heterocycles. The van der Waals surface area contributed by atoms with Gasteiger partial charge < -0.3 is 0 Å². The molecule has 0 N–H and O–H groups in total. The van der Waals surface area contributed by atoms with Crippen molar-refractivity contribution < 1.29 is 0 Å². The molecule has 0 bridgehead atoms. The van der Waals surface area contributed by atoms with E-state index in [4.69, 9.17) is 0 Å². The molecular formula is C37H26. The fraction of sp³-hybridized carbons (Fsp3) is 0.0811. The highest BCUT2D eigenvalue weighted by Crippen LogP contribution is 2.50. The highest BCUT2D eigenvalue weighted by molar-refractivity contribution is 6.17. The average molecular weight is 471 g/mol. The lowest BCUT2D eigenvalue weighted by molar-refractivity contribution is 0.645. The summed E-state index contributed by atoms with van der Waals surface area (Å²) < 4.78 is 0. The Balaban J connectivity index is 1.45. The van der Waals surface area contributed by atoms with Crippen molar-refractivity contribution in [2.75, 3.05) is 0 Å². The molecule has 0 unspecified atom stereocenters. The van der Waals surface area contributed by atoms with Crippen LogP contribution in [0.1, 0.15) is 25.0 Å². The van der Waals surface area contributed by atoms with Crippen LogP contribution >= 0.6 is 0 Å². The summed E-state index contributed by atoms with van der Waals surface area (Å²) in [5, 5.41) is 10.5. The molecule has 7 aromatic rings. The van der Waals surface area contributed by atoms with Gasteiger partial charge in [-0.25, -0.2) is 0 Å². The molecule has 1 aliphatic rings. The standard InChI is InChI=1S/C37H26/c1-37(2)34-18-17-26(21-33(34)30-15-7-11-23-12-8-16-35(37)36(23)30)31-22-27-19-24-9-3-4-10-25(24)20-32(27)29-14-6-5-13-28(29)31/h3-22H,1-2H3. The fourth-order valence-corrected chi connectivity index (χ4v) is 6.75. The Morgan fingerprint density at radius 1 is 0.405 bits per heavy atom. The van der Waals surface area contributed by atoms with Gasteiger partial charge in [-0.15, -0.1) is 0 Å². The molecule has 0 saturated heterocycles. The molecule has 0 amide bonds. The van der Waals surface area contributed by atoms with Crippen LogP contribution in [0.4, 0.5) is 0 Å². The molecule has 1 aliphatic carbocycles. The maximum atomic E-state index is 2.44. The molecular weight excluding hydrogens is 444 g/mol. The van der Waals surface area contributed by atoms with E-state index in [1.54, 1.807) is 0 Å². The largest absolute Gasteiger partial charge is 0.0616 e. The molecule has 0 aromatic heterocycles. The van der Waals surface area contributed by atoms with Crippen molar-refractivity contribution in [1.82, 2.24) is 0 Å². The van der Waals surface area contributed by atoms with Crippen molar-refractivity contribution in [3.8, 4) is 22.3 Å². The van der Waals surface area contributed by atoms with Gasteiger partial charge in [0, 0.05) is 5.41 Å². The van der Waals surface area contributed by atoms with Gasteiger partial charge in [-0.2, -0.15) is 0 Å². The average Bonchev–Trinajstić information content (AvgIpc) is 2.94. The number of benzene rings is 7. The van der Waals surface area contributed by atoms with Crippen LogP contribution in [0.2, 0.25) is 0 Å². The molecule has 0 heterocycles. The molecule has 8 rings (SSSR count). The van der Waals surface area contributed by atoms with Gasteiger partial charge >= 0.3 is 0 Å². The lowest BCUT2D eigenvalue weighted by Gasteiger charge is -2.35. The van der Waals surface area contributed by atoms with Crippen LogP contribution in [0.25, 0.3) is 65.3 Å². The monoisotopic (exact) mass is 470 g/mol. The summed E-state index contributed by atoms with van der Waals surface area (Å²) in [7, 11) is 0. The molecule has 37 heavy (non-hydrogen) atoms. The molecule has 7 aromatic carbocycles. The quantitative estimate of drug-likeness (QED) is 0.165. The second-order valence-corrected chi connectivity index (χ2v) is 11.0. The third kappa shape index (κ3) is 2.84. The summed E-state index contributed by atoms with van der Waals surface area (Å²) >= 11 is 0. The van der Waals surface area contributed by atoms with Gasteiger partial charge in [0.05, 0.1) is 0 Å². The van der Waals surface area contributed by atoms with Crippen molar-refractivity contribution in [3.63, 3.8) is 0 Å². The molecule has 0 spiro atoms. The number of hydrogen-bond donors (Lipinski definition) is 0. The molecule has 0 atom stereocenters. The number of hydrogen-bond acceptors (Lipinski definition) is 0. The minimum atomic E-state index is -0.0495. The van der Waals surface area contributed by atoms with Crippen molar-refractivity contribution in [2.24, 2.45) is 0 Å². The van der Waals surface area contributed by atoms with Gasteiger partial charge in [-0.1, -0.05) is 111 Å². The Kier molecular flexibility index (Phi) is 4.10. The van der Waals surface area contributed by atoms with E-state index >= 15 is 0 Å². The van der Waals surface area contributed by atoms with E-state index in [0.29, 0.717) is 0 Å². The van der Waals surface area contributed by atoms with Gasteiger partial charge in [0.15, 0.2) is 0 Å². The zero-order valence-electron chi connectivity index (χ0n) is 21.0. The van der Waals surface area contributed by atoms with Crippen LogP contribution in [0.3, 0.4) is 0 Å². The summed E-state index contributed by atoms with van der Waals surface area (Å²) in [5.74, 6) is 0. The van der Waals surface area contributed by atoms with Gasteiger partial charge in [0.2, 0.25) is 0 Å². The predicted molar refractivity (Wildman–Crippen MR) is 159 cm³/mol. The Morgan fingerprint density at radius 2 is 1.11 bits per heavy atom. The number of rotatable bonds is 1. The Bertz CT molecular complexity index is 2050. The molecule has 0 fully saturated rings. The maximum Gasteiger partial charge on any atom is 0.0159 e. The first-order valence-corrected chi connectivity index (χ1v) is 13.1. The van der Waals surface area contributed by atoms with Crippen LogP contribution in [0.15, 0.2) is 121 Å². The van der Waals surface area contributed by atoms with Crippen LogP contribution in [0.5, 0.6) is 0 Å². The van der Waals surface area contributed by atoms with Gasteiger partial charge in [0.25, 0.3) is 0 Å². The van der Waals surface area contributed by atoms with Crippen LogP contribution < -0.4 is 0 Å². The first-order chi connectivity index (χ1) is 18.1. The van der Waals surface area contributed by atoms with Crippen LogP contribution in [-0.4, -0.2) is 0 Å². The van der Waals surface area contributed by atoms with E-state index in [1.165, 1.54) is 76.5 Å². The van der Waals surface area contributed by atoms with E-state index in [9.17, 15) is 0 Å². The van der Waals surface area contributed by atoms with Crippen LogP contribution in [-0.2, 0) is 5.41 Å². The molecule has 0 saturated carbocycles. The van der Waals surface area contributed by atoms with E-state index in [2.05, 4.69) is 135 Å². The SMILES string of the molecule is CC1(C)c2ccc(-c3cc4cc5ccccc5cc4c4ccccc34)cc2-c2cccc3cccc1c23. The smallest absolute Gasteiger partial charge is 0.0159 e. The van der Waals surface area contributed by atoms with Crippen LogP contribution in [0, 0.1) is 0 Å². The minimum Gasteiger partial charge on any atom is -0.0616 e. The first-order valence-electron chi connectivity index (χ1n) is 13.1. The zero-order valence-corrected chi connectivity index (χ0v) is 21.0. The summed E-state index contributed by atoms with van der Waals surface area (Å²) in [6, 6.07) is 45.3. The first kappa shape index (κ1) is 20.7. The Labute approximate surface area is 216 Å². The summed E-state index contributed by atoms with van der Waals surface area (Å²) in [5.41, 5.74) is 8.05. The van der Waals surface area contributed by atoms with Gasteiger partial charge in [-0.05, 0) is 101 Å². The lowest BCUT2D eigenvalue weighted by atomic mass is 9.68. The van der Waals surface area contributed by atoms with Crippen molar-refractivity contribution in [3.05, 3.63) is 132 Å². The number of fused-ring (bicyclic) bond motifs is 6. The third-order valence-electron chi connectivity index (χ3n) is 8.60. The summed E-state index contributed by atoms with van der Waals surface area (Å²) in [4.78, 5) is 0. The van der Waals surface area contributed by atoms with Gasteiger partial charge in [-0.3, -0.25) is 0 Å². The van der Waals surface area contributed by atoms with Gasteiger partial charge in [0.1, 0.15) is 0 Å². The summed E-state index contributed by atoms with van der Waals surface area (Å²) in [6.07, 6.45) is 0. The predicted octanol–water partition coefficient (Wildman–Crippen LogP) is 10.3. The molecule has 0 heteroatoms. The third-order valence-corrected chi connectivity index (χ3v) is 8.60. The molecule has 0 radical (unpaired) electrons. The van der Waals surface area contributed by atoms with Crippen molar-refractivity contribution in [1.29, 1.82) is 0 Å². The van der Waals surface area contributed by atoms with E-state index in [1.807, 2.05) is 0 Å². The lowest BCUT2D eigenvalue weighted by Crippen LogP contribution is -2.23. The van der Waals surface area contributed by atoms with Crippen molar-refractivity contribution >= 4 is 43.1 Å². The molecule has 174 valence electrons. The van der Waals surface area contributed by atoms with E-state index in [-0.39, 0.29) is 5.41 Å².